The maximum atomic E-state index is 5.48. The first-order valence-corrected chi connectivity index (χ1v) is 7.92. The summed E-state index contributed by atoms with van der Waals surface area (Å²) >= 11 is 0. The zero-order chi connectivity index (χ0) is 16.4. The molecule has 0 saturated carbocycles. The Labute approximate surface area is 139 Å². The summed E-state index contributed by atoms with van der Waals surface area (Å²) < 4.78 is 21.3. The van der Waals surface area contributed by atoms with Gasteiger partial charge in [0.2, 0.25) is 0 Å². The fourth-order valence-electron chi connectivity index (χ4n) is 1.76. The molecule has 1 N–H and O–H groups in total. The lowest BCUT2D eigenvalue weighted by molar-refractivity contribution is 0.00169. The SMILES string of the molecule is C#CCOCCOCCOCCOCCNCc1ccccc1. The molecule has 0 fully saturated rings. The largest absolute Gasteiger partial charge is 0.378 e. The van der Waals surface area contributed by atoms with Gasteiger partial charge < -0.3 is 24.3 Å². The molecular weight excluding hydrogens is 294 g/mol. The van der Waals surface area contributed by atoms with Crippen LogP contribution in [0, 0.1) is 12.3 Å². The standard InChI is InChI=1S/C18H27NO4/c1-2-9-20-11-13-22-15-16-23-14-12-21-10-8-19-17-18-6-4-3-5-7-18/h1,3-7,19H,8-17H2. The van der Waals surface area contributed by atoms with Crippen molar-refractivity contribution in [2.24, 2.45) is 0 Å². The van der Waals surface area contributed by atoms with Gasteiger partial charge in [0.05, 0.1) is 46.2 Å². The van der Waals surface area contributed by atoms with Gasteiger partial charge in [-0.1, -0.05) is 36.3 Å². The number of terminal acetylenes is 1. The van der Waals surface area contributed by atoms with E-state index in [9.17, 15) is 0 Å². The van der Waals surface area contributed by atoms with Crippen LogP contribution in [0.5, 0.6) is 0 Å². The van der Waals surface area contributed by atoms with Crippen LogP contribution >= 0.6 is 0 Å². The van der Waals surface area contributed by atoms with E-state index in [2.05, 4.69) is 23.4 Å². The van der Waals surface area contributed by atoms with Crippen LogP contribution in [-0.4, -0.2) is 59.4 Å². The number of rotatable bonds is 15. The van der Waals surface area contributed by atoms with E-state index in [4.69, 9.17) is 25.4 Å². The van der Waals surface area contributed by atoms with E-state index in [-0.39, 0.29) is 0 Å². The van der Waals surface area contributed by atoms with Gasteiger partial charge in [-0.05, 0) is 5.56 Å². The van der Waals surface area contributed by atoms with Crippen molar-refractivity contribution in [1.82, 2.24) is 5.32 Å². The normalized spacial score (nSPS) is 10.6. The summed E-state index contributed by atoms with van der Waals surface area (Å²) in [5, 5.41) is 3.33. The molecule has 0 amide bonds. The van der Waals surface area contributed by atoms with Gasteiger partial charge in [-0.2, -0.15) is 0 Å². The van der Waals surface area contributed by atoms with E-state index in [0.29, 0.717) is 52.9 Å². The predicted octanol–water partition coefficient (Wildman–Crippen LogP) is 1.48. The third-order valence-electron chi connectivity index (χ3n) is 2.90. The maximum Gasteiger partial charge on any atom is 0.107 e. The van der Waals surface area contributed by atoms with Crippen molar-refractivity contribution in [2.75, 3.05) is 59.4 Å². The molecule has 0 radical (unpaired) electrons. The Kier molecular flexibility index (Phi) is 13.2. The minimum absolute atomic E-state index is 0.331. The van der Waals surface area contributed by atoms with Gasteiger partial charge in [-0.15, -0.1) is 6.42 Å². The molecule has 5 heteroatoms. The number of hydrogen-bond acceptors (Lipinski definition) is 5. The first kappa shape index (κ1) is 19.6. The van der Waals surface area contributed by atoms with Gasteiger partial charge in [-0.3, -0.25) is 0 Å². The highest BCUT2D eigenvalue weighted by atomic mass is 16.6. The van der Waals surface area contributed by atoms with Gasteiger partial charge in [0.1, 0.15) is 6.61 Å². The molecule has 1 aromatic rings. The van der Waals surface area contributed by atoms with Crippen molar-refractivity contribution in [3.05, 3.63) is 35.9 Å². The highest BCUT2D eigenvalue weighted by Crippen LogP contribution is 1.96. The third-order valence-corrected chi connectivity index (χ3v) is 2.90. The van der Waals surface area contributed by atoms with E-state index >= 15 is 0 Å². The number of ether oxygens (including phenoxy) is 4. The van der Waals surface area contributed by atoms with Crippen molar-refractivity contribution in [1.29, 1.82) is 0 Å². The highest BCUT2D eigenvalue weighted by Gasteiger charge is 1.93. The Hall–Kier alpha value is -1.42. The molecule has 0 aromatic heterocycles. The Morgan fingerprint density at radius 3 is 1.96 bits per heavy atom. The fraction of sp³-hybridized carbons (Fsp3) is 0.556. The molecule has 1 aromatic carbocycles. The molecule has 128 valence electrons. The lowest BCUT2D eigenvalue weighted by Crippen LogP contribution is -2.20. The summed E-state index contributed by atoms with van der Waals surface area (Å²) in [4.78, 5) is 0. The molecule has 0 heterocycles. The van der Waals surface area contributed by atoms with E-state index in [1.807, 2.05) is 18.2 Å². The molecule has 23 heavy (non-hydrogen) atoms. The van der Waals surface area contributed by atoms with Crippen LogP contribution in [0.2, 0.25) is 0 Å². The molecule has 1 rings (SSSR count). The van der Waals surface area contributed by atoms with Crippen LogP contribution in [-0.2, 0) is 25.5 Å². The third kappa shape index (κ3) is 12.8. The molecule has 0 aliphatic heterocycles. The van der Waals surface area contributed by atoms with Crippen LogP contribution in [0.25, 0.3) is 0 Å². The van der Waals surface area contributed by atoms with Crippen LogP contribution in [0.3, 0.4) is 0 Å². The zero-order valence-corrected chi connectivity index (χ0v) is 13.7. The Balaban J connectivity index is 1.73. The van der Waals surface area contributed by atoms with Crippen molar-refractivity contribution in [2.45, 2.75) is 6.54 Å². The molecule has 0 bridgehead atoms. The van der Waals surface area contributed by atoms with Gasteiger partial charge in [0, 0.05) is 13.1 Å². The van der Waals surface area contributed by atoms with Gasteiger partial charge in [0.25, 0.3) is 0 Å². The number of hydrogen-bond donors (Lipinski definition) is 1. The summed E-state index contributed by atoms with van der Waals surface area (Å²) in [6.45, 7) is 6.05. The zero-order valence-electron chi connectivity index (χ0n) is 13.7. The first-order valence-electron chi connectivity index (χ1n) is 7.92. The van der Waals surface area contributed by atoms with Gasteiger partial charge >= 0.3 is 0 Å². The molecular formula is C18H27NO4. The second-order valence-corrected chi connectivity index (χ2v) is 4.76. The average molecular weight is 321 g/mol. The van der Waals surface area contributed by atoms with Crippen molar-refractivity contribution < 1.29 is 18.9 Å². The Morgan fingerprint density at radius 1 is 0.783 bits per heavy atom. The molecule has 0 saturated heterocycles. The molecule has 0 atom stereocenters. The van der Waals surface area contributed by atoms with Crippen LogP contribution in [0.1, 0.15) is 5.56 Å². The Bertz CT molecular complexity index is 405. The molecule has 0 aliphatic carbocycles. The Morgan fingerprint density at radius 2 is 1.35 bits per heavy atom. The second kappa shape index (κ2) is 15.5. The van der Waals surface area contributed by atoms with Crippen molar-refractivity contribution >= 4 is 0 Å². The molecule has 5 nitrogen and oxygen atoms in total. The van der Waals surface area contributed by atoms with Crippen molar-refractivity contribution in [3.8, 4) is 12.3 Å². The average Bonchev–Trinajstić information content (AvgIpc) is 2.59. The summed E-state index contributed by atoms with van der Waals surface area (Å²) in [6, 6.07) is 10.3. The maximum absolute atomic E-state index is 5.48. The minimum Gasteiger partial charge on any atom is -0.378 e. The highest BCUT2D eigenvalue weighted by molar-refractivity contribution is 5.14. The smallest absolute Gasteiger partial charge is 0.107 e. The lowest BCUT2D eigenvalue weighted by Gasteiger charge is -2.08. The van der Waals surface area contributed by atoms with Crippen LogP contribution < -0.4 is 5.32 Å². The van der Waals surface area contributed by atoms with E-state index in [0.717, 1.165) is 13.1 Å². The van der Waals surface area contributed by atoms with Crippen molar-refractivity contribution in [3.63, 3.8) is 0 Å². The molecule has 0 aliphatic rings. The second-order valence-electron chi connectivity index (χ2n) is 4.76. The van der Waals surface area contributed by atoms with E-state index in [1.165, 1.54) is 5.56 Å². The molecule has 0 spiro atoms. The van der Waals surface area contributed by atoms with Crippen LogP contribution in [0.4, 0.5) is 0 Å². The van der Waals surface area contributed by atoms with Crippen LogP contribution in [0.15, 0.2) is 30.3 Å². The number of nitrogens with one attached hydrogen (secondary N) is 1. The fourth-order valence-corrected chi connectivity index (χ4v) is 1.76. The lowest BCUT2D eigenvalue weighted by atomic mass is 10.2. The predicted molar refractivity (Wildman–Crippen MR) is 90.3 cm³/mol. The first-order chi connectivity index (χ1) is 11.4. The van der Waals surface area contributed by atoms with Gasteiger partial charge in [-0.25, -0.2) is 0 Å². The monoisotopic (exact) mass is 321 g/mol. The quantitative estimate of drug-likeness (QED) is 0.392. The molecule has 0 unspecified atom stereocenters. The number of benzene rings is 1. The summed E-state index contributed by atoms with van der Waals surface area (Å²) in [7, 11) is 0. The van der Waals surface area contributed by atoms with E-state index < -0.39 is 0 Å². The summed E-state index contributed by atoms with van der Waals surface area (Å²) in [6.07, 6.45) is 5.05. The summed E-state index contributed by atoms with van der Waals surface area (Å²) in [5.74, 6) is 2.40. The summed E-state index contributed by atoms with van der Waals surface area (Å²) in [5.41, 5.74) is 1.28. The van der Waals surface area contributed by atoms with E-state index in [1.54, 1.807) is 0 Å². The minimum atomic E-state index is 0.331. The topological polar surface area (TPSA) is 49.0 Å². The van der Waals surface area contributed by atoms with Gasteiger partial charge in [0.15, 0.2) is 0 Å².